The van der Waals surface area contributed by atoms with E-state index in [2.05, 4.69) is 6.07 Å². The maximum Gasteiger partial charge on any atom is 0.115 e. The molecule has 0 aliphatic heterocycles. The molecule has 1 N–H and O–H groups in total. The van der Waals surface area contributed by atoms with Crippen LogP contribution in [0, 0.1) is 11.3 Å². The summed E-state index contributed by atoms with van der Waals surface area (Å²) in [5, 5.41) is 20.1. The average molecular weight is 227 g/mol. The van der Waals surface area contributed by atoms with Crippen molar-refractivity contribution < 1.29 is 5.11 Å². The van der Waals surface area contributed by atoms with Crippen LogP contribution in [0.2, 0.25) is 0 Å². The van der Waals surface area contributed by atoms with Crippen LogP contribution in [-0.2, 0) is 0 Å². The first-order valence-corrected chi connectivity index (χ1v) is 5.62. The van der Waals surface area contributed by atoms with Gasteiger partial charge in [0.05, 0.1) is 5.57 Å². The van der Waals surface area contributed by atoms with Crippen molar-refractivity contribution in [1.29, 1.82) is 5.26 Å². The Morgan fingerprint density at radius 1 is 1.25 bits per heavy atom. The zero-order valence-corrected chi connectivity index (χ0v) is 9.24. The van der Waals surface area contributed by atoms with E-state index in [0.29, 0.717) is 5.57 Å². The number of nitriles is 1. The van der Waals surface area contributed by atoms with Crippen LogP contribution in [0.15, 0.2) is 41.8 Å². The molecule has 0 bridgehead atoms. The van der Waals surface area contributed by atoms with Crippen LogP contribution >= 0.6 is 11.3 Å². The highest BCUT2D eigenvalue weighted by Crippen LogP contribution is 2.22. The van der Waals surface area contributed by atoms with Gasteiger partial charge in [-0.3, -0.25) is 0 Å². The molecule has 16 heavy (non-hydrogen) atoms. The molecule has 78 valence electrons. The van der Waals surface area contributed by atoms with Gasteiger partial charge in [-0.15, -0.1) is 11.3 Å². The zero-order chi connectivity index (χ0) is 11.4. The topological polar surface area (TPSA) is 44.0 Å². The number of aromatic hydroxyl groups is 1. The Morgan fingerprint density at radius 3 is 2.56 bits per heavy atom. The van der Waals surface area contributed by atoms with Gasteiger partial charge in [-0.05, 0) is 35.2 Å². The van der Waals surface area contributed by atoms with E-state index in [-0.39, 0.29) is 5.75 Å². The lowest BCUT2D eigenvalue weighted by atomic mass is 10.1. The van der Waals surface area contributed by atoms with Gasteiger partial charge in [-0.2, -0.15) is 5.26 Å². The van der Waals surface area contributed by atoms with Crippen LogP contribution in [0.5, 0.6) is 5.75 Å². The largest absolute Gasteiger partial charge is 0.508 e. The number of rotatable bonds is 2. The Morgan fingerprint density at radius 2 is 2.00 bits per heavy atom. The first-order chi connectivity index (χ1) is 7.79. The molecule has 0 unspecified atom stereocenters. The van der Waals surface area contributed by atoms with Gasteiger partial charge in [-0.1, -0.05) is 18.2 Å². The fourth-order valence-electron chi connectivity index (χ4n) is 1.33. The second kappa shape index (κ2) is 4.65. The van der Waals surface area contributed by atoms with E-state index in [4.69, 9.17) is 10.4 Å². The normalized spacial score (nSPS) is 11.1. The van der Waals surface area contributed by atoms with Crippen molar-refractivity contribution in [2.45, 2.75) is 0 Å². The lowest BCUT2D eigenvalue weighted by Crippen LogP contribution is -1.76. The number of phenolic OH excluding ortho intramolecular Hbond substituents is 1. The molecule has 0 fully saturated rings. The third-order valence-electron chi connectivity index (χ3n) is 2.11. The summed E-state index contributed by atoms with van der Waals surface area (Å²) in [4.78, 5) is 0.954. The number of phenols is 1. The van der Waals surface area contributed by atoms with E-state index in [1.165, 1.54) is 11.3 Å². The molecule has 1 heterocycles. The molecule has 2 rings (SSSR count). The number of hydrogen-bond donors (Lipinski definition) is 1. The summed E-state index contributed by atoms with van der Waals surface area (Å²) in [5.41, 5.74) is 1.54. The van der Waals surface area contributed by atoms with Crippen LogP contribution in [0.25, 0.3) is 11.6 Å². The van der Waals surface area contributed by atoms with Gasteiger partial charge in [0, 0.05) is 4.88 Å². The quantitative estimate of drug-likeness (QED) is 0.798. The monoisotopic (exact) mass is 227 g/mol. The van der Waals surface area contributed by atoms with Crippen molar-refractivity contribution in [3.63, 3.8) is 0 Å². The fraction of sp³-hybridized carbons (Fsp3) is 0. The van der Waals surface area contributed by atoms with E-state index in [9.17, 15) is 0 Å². The summed E-state index contributed by atoms with van der Waals surface area (Å²) in [5.74, 6) is 0.229. The molecular weight excluding hydrogens is 218 g/mol. The third kappa shape index (κ3) is 2.30. The molecule has 1 aromatic carbocycles. The molecule has 0 saturated heterocycles. The van der Waals surface area contributed by atoms with Crippen LogP contribution in [0.1, 0.15) is 10.4 Å². The Kier molecular flexibility index (Phi) is 3.04. The van der Waals surface area contributed by atoms with Crippen molar-refractivity contribution in [3.8, 4) is 11.8 Å². The average Bonchev–Trinajstić information content (AvgIpc) is 2.82. The summed E-state index contributed by atoms with van der Waals surface area (Å²) < 4.78 is 0. The highest BCUT2D eigenvalue weighted by Gasteiger charge is 2.01. The first-order valence-electron chi connectivity index (χ1n) is 4.74. The van der Waals surface area contributed by atoms with Gasteiger partial charge in [0.2, 0.25) is 0 Å². The Hall–Kier alpha value is -2.05. The zero-order valence-electron chi connectivity index (χ0n) is 8.42. The minimum Gasteiger partial charge on any atom is -0.508 e. The van der Waals surface area contributed by atoms with Crippen molar-refractivity contribution in [2.75, 3.05) is 0 Å². The molecule has 0 amide bonds. The molecule has 0 radical (unpaired) electrons. The van der Waals surface area contributed by atoms with Gasteiger partial charge in [0.25, 0.3) is 0 Å². The molecule has 0 spiro atoms. The van der Waals surface area contributed by atoms with Crippen LogP contribution in [-0.4, -0.2) is 5.11 Å². The Bertz CT molecular complexity index is 532. The highest BCUT2D eigenvalue weighted by molar-refractivity contribution is 7.11. The number of allylic oxidation sites excluding steroid dienone is 1. The van der Waals surface area contributed by atoms with Crippen LogP contribution < -0.4 is 0 Å². The molecule has 0 saturated carbocycles. The minimum atomic E-state index is 0.229. The summed E-state index contributed by atoms with van der Waals surface area (Å²) in [6.45, 7) is 0. The molecule has 0 aliphatic rings. The van der Waals surface area contributed by atoms with E-state index >= 15 is 0 Å². The summed E-state index contributed by atoms with van der Waals surface area (Å²) >= 11 is 1.54. The molecule has 0 aliphatic carbocycles. The number of benzene rings is 1. The number of hydrogen-bond acceptors (Lipinski definition) is 3. The van der Waals surface area contributed by atoms with E-state index < -0.39 is 0 Å². The van der Waals surface area contributed by atoms with Crippen molar-refractivity contribution >= 4 is 23.0 Å². The smallest absolute Gasteiger partial charge is 0.115 e. The second-order valence-corrected chi connectivity index (χ2v) is 4.19. The fourth-order valence-corrected chi connectivity index (χ4v) is 2.02. The van der Waals surface area contributed by atoms with Crippen molar-refractivity contribution in [3.05, 3.63) is 52.2 Å². The van der Waals surface area contributed by atoms with Gasteiger partial charge in [-0.25, -0.2) is 0 Å². The highest BCUT2D eigenvalue weighted by atomic mass is 32.1. The van der Waals surface area contributed by atoms with E-state index in [1.807, 2.05) is 23.6 Å². The molecule has 2 aromatic rings. The summed E-state index contributed by atoms with van der Waals surface area (Å²) in [6, 6.07) is 12.8. The molecular formula is C13H9NOS. The van der Waals surface area contributed by atoms with Crippen LogP contribution in [0.4, 0.5) is 0 Å². The molecule has 2 nitrogen and oxygen atoms in total. The standard InChI is InChI=1S/C13H9NOS/c14-9-11(13-2-1-7-16-13)8-10-3-5-12(15)6-4-10/h1-8,15H/b11-8+. The van der Waals surface area contributed by atoms with Gasteiger partial charge in [0.15, 0.2) is 0 Å². The van der Waals surface area contributed by atoms with Crippen molar-refractivity contribution in [2.24, 2.45) is 0 Å². The first kappa shape index (κ1) is 10.5. The predicted molar refractivity (Wildman–Crippen MR) is 65.9 cm³/mol. The van der Waals surface area contributed by atoms with Crippen LogP contribution in [0.3, 0.4) is 0 Å². The molecule has 3 heteroatoms. The number of nitrogens with zero attached hydrogens (tertiary/aromatic N) is 1. The maximum atomic E-state index is 9.15. The maximum absolute atomic E-state index is 9.15. The van der Waals surface area contributed by atoms with Crippen molar-refractivity contribution in [1.82, 2.24) is 0 Å². The third-order valence-corrected chi connectivity index (χ3v) is 3.01. The SMILES string of the molecule is N#C/C(=C\c1ccc(O)cc1)c1cccs1. The van der Waals surface area contributed by atoms with E-state index in [0.717, 1.165) is 10.4 Å². The number of thiophene rings is 1. The lowest BCUT2D eigenvalue weighted by molar-refractivity contribution is 0.475. The lowest BCUT2D eigenvalue weighted by Gasteiger charge is -1.96. The Balaban J connectivity index is 2.36. The van der Waals surface area contributed by atoms with Gasteiger partial charge >= 0.3 is 0 Å². The molecule has 0 atom stereocenters. The van der Waals surface area contributed by atoms with Gasteiger partial charge in [0.1, 0.15) is 11.8 Å². The van der Waals surface area contributed by atoms with Gasteiger partial charge < -0.3 is 5.11 Å². The summed E-state index contributed by atoms with van der Waals surface area (Å²) in [6.07, 6.45) is 1.81. The predicted octanol–water partition coefficient (Wildman–Crippen LogP) is 3.52. The molecule has 1 aromatic heterocycles. The second-order valence-electron chi connectivity index (χ2n) is 3.24. The minimum absolute atomic E-state index is 0.229. The summed E-state index contributed by atoms with van der Waals surface area (Å²) in [7, 11) is 0. The van der Waals surface area contributed by atoms with E-state index in [1.54, 1.807) is 24.3 Å². The Labute approximate surface area is 97.7 Å².